The van der Waals surface area contributed by atoms with Crippen LogP contribution in [0.15, 0.2) is 16.1 Å². The Labute approximate surface area is 75.6 Å². The molecule has 0 heterocycles. The van der Waals surface area contributed by atoms with E-state index >= 15 is 0 Å². The highest BCUT2D eigenvalue weighted by Gasteiger charge is 2.38. The first-order valence-corrected chi connectivity index (χ1v) is 4.88. The minimum absolute atomic E-state index is 0.543. The van der Waals surface area contributed by atoms with E-state index in [1.165, 1.54) is 19.3 Å². The summed E-state index contributed by atoms with van der Waals surface area (Å²) < 4.78 is 0. The molecule has 12 heavy (non-hydrogen) atoms. The van der Waals surface area contributed by atoms with Crippen LogP contribution in [0, 0.1) is 5.92 Å². The highest BCUT2D eigenvalue weighted by molar-refractivity contribution is 5.30. The monoisotopic (exact) mass is 165 g/mol. The molecule has 1 saturated carbocycles. The van der Waals surface area contributed by atoms with Crippen LogP contribution in [-0.4, -0.2) is 12.8 Å². The van der Waals surface area contributed by atoms with Gasteiger partial charge in [0, 0.05) is 5.92 Å². The van der Waals surface area contributed by atoms with Gasteiger partial charge in [-0.25, -0.2) is 0 Å². The van der Waals surface area contributed by atoms with Crippen molar-refractivity contribution in [3.8, 4) is 0 Å². The number of allylic oxidation sites excluding steroid dienone is 1. The van der Waals surface area contributed by atoms with Gasteiger partial charge < -0.3 is 0 Å². The lowest BCUT2D eigenvalue weighted by Crippen LogP contribution is -1.93. The van der Waals surface area contributed by atoms with Crippen molar-refractivity contribution >= 4 is 6.72 Å². The van der Waals surface area contributed by atoms with Gasteiger partial charge in [0.25, 0.3) is 0 Å². The second-order valence-corrected chi connectivity index (χ2v) is 3.60. The Morgan fingerprint density at radius 1 is 1.42 bits per heavy atom. The number of hydrogen-bond acceptors (Lipinski definition) is 1. The predicted molar refractivity (Wildman–Crippen MR) is 54.7 cm³/mol. The van der Waals surface area contributed by atoms with Crippen molar-refractivity contribution < 1.29 is 0 Å². The third kappa shape index (κ3) is 1.77. The quantitative estimate of drug-likeness (QED) is 0.448. The van der Waals surface area contributed by atoms with Gasteiger partial charge in [0.15, 0.2) is 0 Å². The van der Waals surface area contributed by atoms with E-state index in [9.17, 15) is 0 Å². The normalized spacial score (nSPS) is 29.6. The summed E-state index contributed by atoms with van der Waals surface area (Å²) in [6, 6.07) is 0.543. The van der Waals surface area contributed by atoms with Crippen LogP contribution in [0.1, 0.15) is 40.0 Å². The Morgan fingerprint density at radius 2 is 2.08 bits per heavy atom. The fourth-order valence-corrected chi connectivity index (χ4v) is 1.87. The van der Waals surface area contributed by atoms with Gasteiger partial charge in [-0.05, 0) is 32.9 Å². The van der Waals surface area contributed by atoms with E-state index in [-0.39, 0.29) is 0 Å². The molecule has 0 N–H and O–H groups in total. The molecular formula is C11H19N. The van der Waals surface area contributed by atoms with Crippen LogP contribution in [0.2, 0.25) is 0 Å². The Kier molecular flexibility index (Phi) is 3.07. The molecular weight excluding hydrogens is 146 g/mol. The Bertz CT molecular complexity index is 203. The second-order valence-electron chi connectivity index (χ2n) is 3.60. The van der Waals surface area contributed by atoms with Gasteiger partial charge in [-0.15, -0.1) is 0 Å². The van der Waals surface area contributed by atoms with E-state index in [0.717, 1.165) is 5.92 Å². The third-order valence-corrected chi connectivity index (χ3v) is 2.90. The predicted octanol–water partition coefficient (Wildman–Crippen LogP) is 3.21. The summed E-state index contributed by atoms with van der Waals surface area (Å²) in [4.78, 5) is 4.08. The Balaban J connectivity index is 2.64. The zero-order valence-electron chi connectivity index (χ0n) is 8.43. The number of hydrogen-bond donors (Lipinski definition) is 0. The van der Waals surface area contributed by atoms with Gasteiger partial charge in [0.1, 0.15) is 0 Å². The van der Waals surface area contributed by atoms with E-state index in [0.29, 0.717) is 6.04 Å². The molecule has 1 rings (SSSR count). The van der Waals surface area contributed by atoms with Crippen LogP contribution < -0.4 is 0 Å². The minimum Gasteiger partial charge on any atom is -0.297 e. The van der Waals surface area contributed by atoms with Crippen molar-refractivity contribution in [3.63, 3.8) is 0 Å². The zero-order chi connectivity index (χ0) is 9.14. The molecule has 1 nitrogen and oxygen atoms in total. The molecule has 0 saturated heterocycles. The maximum atomic E-state index is 4.08. The summed E-state index contributed by atoms with van der Waals surface area (Å²) in [5.41, 5.74) is 3.20. The van der Waals surface area contributed by atoms with Crippen molar-refractivity contribution in [1.82, 2.24) is 0 Å². The van der Waals surface area contributed by atoms with Crippen molar-refractivity contribution in [1.29, 1.82) is 0 Å². The average Bonchev–Trinajstić information content (AvgIpc) is 2.85. The third-order valence-electron chi connectivity index (χ3n) is 2.90. The fraction of sp³-hybridized carbons (Fsp3) is 0.727. The number of nitrogens with zero attached hydrogens (tertiary/aromatic N) is 1. The summed E-state index contributed by atoms with van der Waals surface area (Å²) in [6.45, 7) is 10.3. The molecule has 0 aliphatic heterocycles. The molecule has 0 aromatic heterocycles. The minimum atomic E-state index is 0.543. The molecule has 1 aliphatic rings. The summed E-state index contributed by atoms with van der Waals surface area (Å²) in [7, 11) is 0. The molecule has 0 amide bonds. The van der Waals surface area contributed by atoms with Crippen LogP contribution in [0.4, 0.5) is 0 Å². The molecule has 0 bridgehead atoms. The van der Waals surface area contributed by atoms with E-state index in [1.807, 2.05) is 0 Å². The zero-order valence-corrected chi connectivity index (χ0v) is 8.43. The average molecular weight is 165 g/mol. The molecule has 2 atom stereocenters. The standard InChI is InChI=1S/C11H19N/c1-5-8(3)9(6-2)10-7-11(10)12-4/h10-11H,4-7H2,1-3H3/b9-8+. The number of rotatable bonds is 4. The molecule has 1 heteroatoms. The summed E-state index contributed by atoms with van der Waals surface area (Å²) >= 11 is 0. The van der Waals surface area contributed by atoms with Crippen LogP contribution in [-0.2, 0) is 0 Å². The van der Waals surface area contributed by atoms with Crippen LogP contribution in [0.25, 0.3) is 0 Å². The summed E-state index contributed by atoms with van der Waals surface area (Å²) in [5, 5.41) is 0. The van der Waals surface area contributed by atoms with Crippen LogP contribution >= 0.6 is 0 Å². The van der Waals surface area contributed by atoms with Gasteiger partial charge in [-0.1, -0.05) is 25.0 Å². The Morgan fingerprint density at radius 3 is 2.42 bits per heavy atom. The molecule has 0 spiro atoms. The topological polar surface area (TPSA) is 12.4 Å². The van der Waals surface area contributed by atoms with E-state index in [1.54, 1.807) is 11.1 Å². The molecule has 0 radical (unpaired) electrons. The van der Waals surface area contributed by atoms with Gasteiger partial charge in [-0.2, -0.15) is 0 Å². The molecule has 1 fully saturated rings. The molecule has 0 aromatic carbocycles. The van der Waals surface area contributed by atoms with E-state index in [4.69, 9.17) is 0 Å². The van der Waals surface area contributed by atoms with E-state index in [2.05, 4.69) is 32.5 Å². The first-order chi connectivity index (χ1) is 5.74. The SMILES string of the molecule is C=NC1CC1/C(CC)=C(\C)CC. The molecule has 2 unspecified atom stereocenters. The maximum absolute atomic E-state index is 4.08. The highest BCUT2D eigenvalue weighted by Crippen LogP contribution is 2.42. The highest BCUT2D eigenvalue weighted by atomic mass is 14.8. The van der Waals surface area contributed by atoms with Gasteiger partial charge >= 0.3 is 0 Å². The molecule has 1 aliphatic carbocycles. The van der Waals surface area contributed by atoms with Crippen LogP contribution in [0.3, 0.4) is 0 Å². The smallest absolute Gasteiger partial charge is 0.0565 e. The first kappa shape index (κ1) is 9.50. The maximum Gasteiger partial charge on any atom is 0.0565 e. The second kappa shape index (κ2) is 3.88. The van der Waals surface area contributed by atoms with Crippen LogP contribution in [0.5, 0.6) is 0 Å². The molecule has 68 valence electrons. The van der Waals surface area contributed by atoms with Gasteiger partial charge in [-0.3, -0.25) is 4.99 Å². The van der Waals surface area contributed by atoms with Gasteiger partial charge in [0.05, 0.1) is 6.04 Å². The fourth-order valence-electron chi connectivity index (χ4n) is 1.87. The van der Waals surface area contributed by atoms with Crippen molar-refractivity contribution in [2.24, 2.45) is 10.9 Å². The van der Waals surface area contributed by atoms with Crippen molar-refractivity contribution in [3.05, 3.63) is 11.1 Å². The lowest BCUT2D eigenvalue weighted by atomic mass is 10.0. The number of aliphatic imine (C=N–C) groups is 1. The first-order valence-electron chi connectivity index (χ1n) is 4.88. The largest absolute Gasteiger partial charge is 0.297 e. The lowest BCUT2D eigenvalue weighted by Gasteiger charge is -2.07. The summed E-state index contributed by atoms with van der Waals surface area (Å²) in [6.07, 6.45) is 3.61. The molecule has 0 aromatic rings. The van der Waals surface area contributed by atoms with Gasteiger partial charge in [0.2, 0.25) is 0 Å². The van der Waals surface area contributed by atoms with Crippen molar-refractivity contribution in [2.45, 2.75) is 46.1 Å². The summed E-state index contributed by atoms with van der Waals surface area (Å²) in [5.74, 6) is 0.743. The van der Waals surface area contributed by atoms with Crippen molar-refractivity contribution in [2.75, 3.05) is 0 Å². The lowest BCUT2D eigenvalue weighted by molar-refractivity contribution is 0.828. The van der Waals surface area contributed by atoms with E-state index < -0.39 is 0 Å². The Hall–Kier alpha value is -0.590.